The predicted molar refractivity (Wildman–Crippen MR) is 58.6 cm³/mol. The lowest BCUT2D eigenvalue weighted by molar-refractivity contribution is -0.118. The molecule has 0 saturated heterocycles. The average Bonchev–Trinajstić information content (AvgIpc) is 1.87. The predicted octanol–water partition coefficient (Wildman–Crippen LogP) is -0.0457. The quantitative estimate of drug-likeness (QED) is 0.528. The van der Waals surface area contributed by atoms with Crippen molar-refractivity contribution in [2.45, 2.75) is 14.3 Å². The molecule has 0 aliphatic heterocycles. The Hall–Kier alpha value is 0.400. The molecule has 4 nitrogen and oxygen atoms in total. The van der Waals surface area contributed by atoms with Crippen molar-refractivity contribution in [1.82, 2.24) is 0 Å². The van der Waals surface area contributed by atoms with Crippen molar-refractivity contribution >= 4 is 57.0 Å². The Balaban J connectivity index is 3.84. The van der Waals surface area contributed by atoms with Crippen LogP contribution >= 0.6 is 45.2 Å². The van der Waals surface area contributed by atoms with E-state index in [1.807, 2.05) is 45.2 Å². The zero-order valence-corrected chi connectivity index (χ0v) is 9.90. The number of hydrogen-bond donors (Lipinski definition) is 2. The Morgan fingerprint density at radius 2 is 1.36 bits per heavy atom. The normalized spacial score (nSPS) is 15.5. The van der Waals surface area contributed by atoms with E-state index in [1.165, 1.54) is 0 Å². The topological polar surface area (TPSA) is 86.2 Å². The van der Waals surface area contributed by atoms with Crippen LogP contribution in [0.1, 0.15) is 6.42 Å². The second-order valence-electron chi connectivity index (χ2n) is 1.98. The molecule has 11 heavy (non-hydrogen) atoms. The molecule has 0 aromatic carbocycles. The molecule has 0 radical (unpaired) electrons. The van der Waals surface area contributed by atoms with Crippen LogP contribution < -0.4 is 11.5 Å². The number of carbonyl (C=O) groups is 2. The van der Waals surface area contributed by atoms with Gasteiger partial charge in [0.1, 0.15) is 0 Å². The van der Waals surface area contributed by atoms with E-state index in [9.17, 15) is 9.59 Å². The van der Waals surface area contributed by atoms with Crippen molar-refractivity contribution < 1.29 is 9.59 Å². The molecule has 6 heteroatoms. The lowest BCUT2D eigenvalue weighted by Crippen LogP contribution is -2.31. The van der Waals surface area contributed by atoms with Crippen molar-refractivity contribution in [1.29, 1.82) is 0 Å². The summed E-state index contributed by atoms with van der Waals surface area (Å²) in [6.07, 6.45) is 0.409. The third kappa shape index (κ3) is 4.77. The maximum atomic E-state index is 10.5. The van der Waals surface area contributed by atoms with Crippen LogP contribution in [0.25, 0.3) is 0 Å². The average molecular weight is 382 g/mol. The van der Waals surface area contributed by atoms with Gasteiger partial charge in [-0.1, -0.05) is 45.2 Å². The van der Waals surface area contributed by atoms with Gasteiger partial charge in [-0.2, -0.15) is 0 Å². The van der Waals surface area contributed by atoms with Gasteiger partial charge in [0.2, 0.25) is 11.8 Å². The molecular weight excluding hydrogens is 374 g/mol. The number of halogens is 2. The van der Waals surface area contributed by atoms with Crippen molar-refractivity contribution in [3.05, 3.63) is 0 Å². The molecule has 0 aromatic rings. The van der Waals surface area contributed by atoms with E-state index in [2.05, 4.69) is 0 Å². The molecule has 0 aromatic heterocycles. The van der Waals surface area contributed by atoms with Crippen LogP contribution in [0.15, 0.2) is 0 Å². The molecule has 0 fully saturated rings. The number of nitrogens with two attached hydrogens (primary N) is 2. The fourth-order valence-electron chi connectivity index (χ4n) is 0.414. The zero-order valence-electron chi connectivity index (χ0n) is 5.59. The third-order valence-electron chi connectivity index (χ3n) is 1.03. The molecule has 64 valence electrons. The number of hydrogen-bond acceptors (Lipinski definition) is 2. The highest BCUT2D eigenvalue weighted by Crippen LogP contribution is 2.14. The highest BCUT2D eigenvalue weighted by Gasteiger charge is 2.19. The Kier molecular flexibility index (Phi) is 5.30. The Labute approximate surface area is 91.7 Å². The molecule has 4 N–H and O–H groups in total. The van der Waals surface area contributed by atoms with E-state index in [0.29, 0.717) is 6.42 Å². The van der Waals surface area contributed by atoms with Crippen molar-refractivity contribution in [3.8, 4) is 0 Å². The van der Waals surface area contributed by atoms with E-state index < -0.39 is 11.8 Å². The first-order chi connectivity index (χ1) is 4.95. The van der Waals surface area contributed by atoms with E-state index in [-0.39, 0.29) is 7.85 Å². The van der Waals surface area contributed by atoms with Crippen molar-refractivity contribution in [2.24, 2.45) is 11.5 Å². The minimum Gasteiger partial charge on any atom is -0.369 e. The number of carbonyl (C=O) groups excluding carboxylic acids is 2. The van der Waals surface area contributed by atoms with Crippen LogP contribution in [0.4, 0.5) is 0 Å². The van der Waals surface area contributed by atoms with E-state index in [1.54, 1.807) is 0 Å². The van der Waals surface area contributed by atoms with Crippen LogP contribution in [-0.2, 0) is 9.59 Å². The fraction of sp³-hybridized carbons (Fsp3) is 0.600. The van der Waals surface area contributed by atoms with E-state index >= 15 is 0 Å². The molecule has 2 amide bonds. The van der Waals surface area contributed by atoms with Crippen LogP contribution in [0.5, 0.6) is 0 Å². The highest BCUT2D eigenvalue weighted by molar-refractivity contribution is 14.1. The van der Waals surface area contributed by atoms with Gasteiger partial charge in [-0.3, -0.25) is 9.59 Å². The lowest BCUT2D eigenvalue weighted by Gasteiger charge is -2.07. The second kappa shape index (κ2) is 5.12. The number of rotatable bonds is 4. The number of primary amides is 2. The molecule has 0 aliphatic carbocycles. The van der Waals surface area contributed by atoms with E-state index in [0.717, 1.165) is 0 Å². The lowest BCUT2D eigenvalue weighted by atomic mass is 10.2. The monoisotopic (exact) mass is 382 g/mol. The summed E-state index contributed by atoms with van der Waals surface area (Å²) >= 11 is 3.79. The smallest absolute Gasteiger partial charge is 0.230 e. The summed E-state index contributed by atoms with van der Waals surface area (Å²) in [4.78, 5) is 21.0. The summed E-state index contributed by atoms with van der Waals surface area (Å²) in [5, 5.41) is 0. The molecule has 2 unspecified atom stereocenters. The van der Waals surface area contributed by atoms with Crippen LogP contribution in [0, 0.1) is 0 Å². The molecule has 0 heterocycles. The van der Waals surface area contributed by atoms with Crippen LogP contribution in [0.3, 0.4) is 0 Å². The molecule has 0 rings (SSSR count). The first kappa shape index (κ1) is 11.4. The molecular formula is C5H8I2N2O2. The SMILES string of the molecule is NC(=O)C(I)CC(I)C(N)=O. The first-order valence-corrected chi connectivity index (χ1v) is 5.31. The van der Waals surface area contributed by atoms with Crippen LogP contribution in [0.2, 0.25) is 0 Å². The van der Waals surface area contributed by atoms with Gasteiger partial charge in [-0.25, -0.2) is 0 Å². The Bertz CT molecular complexity index is 156. The molecule has 2 atom stereocenters. The summed E-state index contributed by atoms with van der Waals surface area (Å²) in [6, 6.07) is 0. The van der Waals surface area contributed by atoms with Crippen LogP contribution in [-0.4, -0.2) is 19.7 Å². The van der Waals surface area contributed by atoms with Gasteiger partial charge < -0.3 is 11.5 Å². The summed E-state index contributed by atoms with van der Waals surface area (Å²) in [5.41, 5.74) is 9.97. The maximum Gasteiger partial charge on any atom is 0.230 e. The summed E-state index contributed by atoms with van der Waals surface area (Å²) in [5.74, 6) is -0.818. The van der Waals surface area contributed by atoms with Gasteiger partial charge in [0.25, 0.3) is 0 Å². The first-order valence-electron chi connectivity index (χ1n) is 2.82. The van der Waals surface area contributed by atoms with Crippen molar-refractivity contribution in [2.75, 3.05) is 0 Å². The minimum atomic E-state index is -0.409. The van der Waals surface area contributed by atoms with Gasteiger partial charge in [0.15, 0.2) is 0 Å². The molecule has 0 saturated carbocycles. The van der Waals surface area contributed by atoms with Gasteiger partial charge >= 0.3 is 0 Å². The second-order valence-corrected chi connectivity index (χ2v) is 4.98. The largest absolute Gasteiger partial charge is 0.369 e. The Morgan fingerprint density at radius 1 is 1.09 bits per heavy atom. The molecule has 0 bridgehead atoms. The fourth-order valence-corrected chi connectivity index (χ4v) is 2.40. The standard InChI is InChI=1S/C5H8I2N2O2/c6-2(4(8)10)1-3(7)5(9)11/h2-3H,1H2,(H2,8,10)(H2,9,11). The summed E-state index contributed by atoms with van der Waals surface area (Å²) < 4.78 is -0.635. The van der Waals surface area contributed by atoms with Crippen molar-refractivity contribution in [3.63, 3.8) is 0 Å². The molecule has 0 spiro atoms. The number of alkyl halides is 2. The van der Waals surface area contributed by atoms with Gasteiger partial charge in [0, 0.05) is 0 Å². The number of amides is 2. The third-order valence-corrected chi connectivity index (χ3v) is 3.28. The van der Waals surface area contributed by atoms with E-state index in [4.69, 9.17) is 11.5 Å². The minimum absolute atomic E-state index is 0.318. The van der Waals surface area contributed by atoms with Gasteiger partial charge in [-0.15, -0.1) is 0 Å². The summed E-state index contributed by atoms with van der Waals surface area (Å²) in [6.45, 7) is 0. The zero-order chi connectivity index (χ0) is 9.02. The Morgan fingerprint density at radius 3 is 1.55 bits per heavy atom. The maximum absolute atomic E-state index is 10.5. The molecule has 0 aliphatic rings. The highest BCUT2D eigenvalue weighted by atomic mass is 127. The van der Waals surface area contributed by atoms with Gasteiger partial charge in [0.05, 0.1) is 7.85 Å². The van der Waals surface area contributed by atoms with Gasteiger partial charge in [-0.05, 0) is 6.42 Å². The summed E-state index contributed by atoms with van der Waals surface area (Å²) in [7, 11) is 0.